The highest BCUT2D eigenvalue weighted by molar-refractivity contribution is 5.85. The molecule has 0 aromatic heterocycles. The smallest absolute Gasteiger partial charge is 0.264 e. The van der Waals surface area contributed by atoms with Crippen LogP contribution in [0.5, 0.6) is 5.75 Å². The lowest BCUT2D eigenvalue weighted by Crippen LogP contribution is -2.52. The molecular weight excluding hydrogens is 348 g/mol. The van der Waals surface area contributed by atoms with Crippen molar-refractivity contribution in [1.82, 2.24) is 10.2 Å². The minimum Gasteiger partial charge on any atom is -0.480 e. The number of fused-ring (bicyclic) bond motifs is 1. The number of benzene rings is 2. The van der Waals surface area contributed by atoms with Crippen molar-refractivity contribution in [3.63, 3.8) is 0 Å². The van der Waals surface area contributed by atoms with Crippen LogP contribution in [0.1, 0.15) is 29.7 Å². The monoisotopic (exact) mass is 372 g/mol. The predicted octanol–water partition coefficient (Wildman–Crippen LogP) is 3.15. The lowest BCUT2D eigenvalue weighted by molar-refractivity contribution is -0.141. The third-order valence-corrected chi connectivity index (χ3v) is 5.22. The highest BCUT2D eigenvalue weighted by Gasteiger charge is 2.36. The average molecular weight is 373 g/mol. The lowest BCUT2D eigenvalue weighted by Gasteiger charge is -2.37. The van der Waals surface area contributed by atoms with Gasteiger partial charge in [0.15, 0.2) is 6.10 Å². The first-order chi connectivity index (χ1) is 12.3. The van der Waals surface area contributed by atoms with Gasteiger partial charge in [-0.1, -0.05) is 49.4 Å². The molecule has 5 heteroatoms. The zero-order valence-corrected chi connectivity index (χ0v) is 15.8. The minimum absolute atomic E-state index is 0. The molecule has 2 unspecified atom stereocenters. The van der Waals surface area contributed by atoms with E-state index >= 15 is 0 Å². The first kappa shape index (κ1) is 18.7. The molecule has 138 valence electrons. The molecule has 2 aliphatic rings. The van der Waals surface area contributed by atoms with E-state index in [0.717, 1.165) is 37.4 Å². The number of aryl methyl sites for hydroxylation is 1. The second kappa shape index (κ2) is 8.11. The Bertz CT molecular complexity index is 738. The molecule has 26 heavy (non-hydrogen) atoms. The van der Waals surface area contributed by atoms with E-state index in [4.69, 9.17) is 4.74 Å². The Kier molecular flexibility index (Phi) is 5.84. The zero-order chi connectivity index (χ0) is 17.2. The number of rotatable bonds is 3. The Morgan fingerprint density at radius 3 is 2.69 bits per heavy atom. The van der Waals surface area contributed by atoms with Crippen LogP contribution in [0.15, 0.2) is 48.5 Å². The number of hydrogen-bond donors (Lipinski definition) is 1. The van der Waals surface area contributed by atoms with Crippen LogP contribution in [0.4, 0.5) is 0 Å². The van der Waals surface area contributed by atoms with Gasteiger partial charge in [-0.3, -0.25) is 4.79 Å². The minimum atomic E-state index is -0.395. The number of hydrogen-bond acceptors (Lipinski definition) is 3. The Morgan fingerprint density at radius 2 is 1.96 bits per heavy atom. The van der Waals surface area contributed by atoms with Crippen LogP contribution >= 0.6 is 12.4 Å². The molecule has 4 rings (SSSR count). The summed E-state index contributed by atoms with van der Waals surface area (Å²) < 4.78 is 5.93. The maximum atomic E-state index is 13.1. The van der Waals surface area contributed by atoms with E-state index in [-0.39, 0.29) is 24.4 Å². The largest absolute Gasteiger partial charge is 0.480 e. The molecule has 0 spiro atoms. The number of carbonyl (C=O) groups is 1. The number of halogens is 1. The molecule has 1 saturated heterocycles. The van der Waals surface area contributed by atoms with Gasteiger partial charge < -0.3 is 15.0 Å². The van der Waals surface area contributed by atoms with Gasteiger partial charge in [-0.15, -0.1) is 12.4 Å². The van der Waals surface area contributed by atoms with Gasteiger partial charge in [-0.05, 0) is 29.2 Å². The summed E-state index contributed by atoms with van der Waals surface area (Å²) in [6, 6.07) is 16.6. The Labute approximate surface area is 160 Å². The van der Waals surface area contributed by atoms with Gasteiger partial charge in [-0.25, -0.2) is 0 Å². The van der Waals surface area contributed by atoms with Crippen LogP contribution in [-0.4, -0.2) is 36.5 Å². The van der Waals surface area contributed by atoms with E-state index in [9.17, 15) is 4.79 Å². The molecule has 0 aliphatic carbocycles. The predicted molar refractivity (Wildman–Crippen MR) is 105 cm³/mol. The van der Waals surface area contributed by atoms with Crippen molar-refractivity contribution < 1.29 is 9.53 Å². The number of nitrogens with zero attached hydrogens (tertiary/aromatic N) is 1. The first-order valence-electron chi connectivity index (χ1n) is 9.11. The van der Waals surface area contributed by atoms with Crippen LogP contribution < -0.4 is 10.1 Å². The topological polar surface area (TPSA) is 41.6 Å². The number of carbonyl (C=O) groups excluding carboxylic acids is 1. The second-order valence-electron chi connectivity index (χ2n) is 6.77. The first-order valence-corrected chi connectivity index (χ1v) is 9.11. The van der Waals surface area contributed by atoms with Crippen molar-refractivity contribution in [3.8, 4) is 5.75 Å². The number of ether oxygens (including phenoxy) is 1. The lowest BCUT2D eigenvalue weighted by atomic mass is 9.99. The van der Waals surface area contributed by atoms with Gasteiger partial charge in [0.05, 0.1) is 6.04 Å². The van der Waals surface area contributed by atoms with Gasteiger partial charge in [0, 0.05) is 26.1 Å². The fraction of sp³-hybridized carbons (Fsp3) is 0.381. The van der Waals surface area contributed by atoms with Gasteiger partial charge >= 0.3 is 0 Å². The zero-order valence-electron chi connectivity index (χ0n) is 15.0. The van der Waals surface area contributed by atoms with Crippen LogP contribution in [0.3, 0.4) is 0 Å². The van der Waals surface area contributed by atoms with Gasteiger partial charge in [-0.2, -0.15) is 0 Å². The maximum absolute atomic E-state index is 13.1. The molecular formula is C21H25ClN2O2. The molecule has 2 aromatic carbocycles. The number of piperazine rings is 1. The molecule has 1 amide bonds. The highest BCUT2D eigenvalue weighted by Crippen LogP contribution is 2.31. The standard InChI is InChI=1S/C21H24N2O2.ClH/c1-2-15-7-9-16(10-8-15)18-14-22-11-12-23(18)21(24)20-13-17-5-3-4-6-19(17)25-20;/h3-10,18,20,22H,2,11-14H2,1H3;1H. The summed E-state index contributed by atoms with van der Waals surface area (Å²) in [4.78, 5) is 15.1. The van der Waals surface area contributed by atoms with E-state index in [0.29, 0.717) is 6.42 Å². The molecule has 4 nitrogen and oxygen atoms in total. The summed E-state index contributed by atoms with van der Waals surface area (Å²) >= 11 is 0. The molecule has 2 heterocycles. The fourth-order valence-electron chi connectivity index (χ4n) is 3.75. The summed E-state index contributed by atoms with van der Waals surface area (Å²) in [6.07, 6.45) is 1.30. The second-order valence-corrected chi connectivity index (χ2v) is 6.77. The van der Waals surface area contributed by atoms with Gasteiger partial charge in [0.25, 0.3) is 5.91 Å². The Morgan fingerprint density at radius 1 is 1.19 bits per heavy atom. The fourth-order valence-corrected chi connectivity index (χ4v) is 3.75. The molecule has 2 aliphatic heterocycles. The van der Waals surface area contributed by atoms with E-state index in [1.807, 2.05) is 29.2 Å². The molecule has 1 N–H and O–H groups in total. The molecule has 0 bridgehead atoms. The van der Waals surface area contributed by atoms with E-state index < -0.39 is 6.10 Å². The van der Waals surface area contributed by atoms with Gasteiger partial charge in [0.1, 0.15) is 5.75 Å². The quantitative estimate of drug-likeness (QED) is 0.899. The van der Waals surface area contributed by atoms with Crippen LogP contribution in [-0.2, 0) is 17.6 Å². The molecule has 0 radical (unpaired) electrons. The Hall–Kier alpha value is -2.04. The summed E-state index contributed by atoms with van der Waals surface area (Å²) in [5, 5.41) is 3.42. The molecule has 1 fully saturated rings. The van der Waals surface area contributed by atoms with Gasteiger partial charge in [0.2, 0.25) is 0 Å². The van der Waals surface area contributed by atoms with Crippen molar-refractivity contribution in [2.75, 3.05) is 19.6 Å². The van der Waals surface area contributed by atoms with Crippen molar-refractivity contribution >= 4 is 18.3 Å². The number of amides is 1. The Balaban J connectivity index is 0.00000196. The van der Waals surface area contributed by atoms with Crippen LogP contribution in [0.25, 0.3) is 0 Å². The maximum Gasteiger partial charge on any atom is 0.264 e. The SMILES string of the molecule is CCc1ccc(C2CNCCN2C(=O)C2Cc3ccccc3O2)cc1.Cl. The summed E-state index contributed by atoms with van der Waals surface area (Å²) in [5.41, 5.74) is 3.63. The van der Waals surface area contributed by atoms with Crippen molar-refractivity contribution in [2.24, 2.45) is 0 Å². The molecule has 2 atom stereocenters. The summed E-state index contributed by atoms with van der Waals surface area (Å²) in [7, 11) is 0. The number of para-hydroxylation sites is 1. The summed E-state index contributed by atoms with van der Waals surface area (Å²) in [5.74, 6) is 0.946. The van der Waals surface area contributed by atoms with E-state index in [1.165, 1.54) is 11.1 Å². The van der Waals surface area contributed by atoms with Crippen LogP contribution in [0, 0.1) is 0 Å². The van der Waals surface area contributed by atoms with E-state index in [1.54, 1.807) is 0 Å². The normalized spacial score (nSPS) is 21.5. The molecule has 0 saturated carbocycles. The van der Waals surface area contributed by atoms with E-state index in [2.05, 4.69) is 36.5 Å². The highest BCUT2D eigenvalue weighted by atomic mass is 35.5. The summed E-state index contributed by atoms with van der Waals surface area (Å²) in [6.45, 7) is 4.49. The number of nitrogens with one attached hydrogen (secondary N) is 1. The van der Waals surface area contributed by atoms with Crippen molar-refractivity contribution in [1.29, 1.82) is 0 Å². The third kappa shape index (κ3) is 3.57. The van der Waals surface area contributed by atoms with Crippen LogP contribution in [0.2, 0.25) is 0 Å². The average Bonchev–Trinajstić information content (AvgIpc) is 3.12. The third-order valence-electron chi connectivity index (χ3n) is 5.22. The van der Waals surface area contributed by atoms with Crippen molar-refractivity contribution in [2.45, 2.75) is 31.9 Å². The van der Waals surface area contributed by atoms with Crippen molar-refractivity contribution in [3.05, 3.63) is 65.2 Å². The molecule has 2 aromatic rings.